The fourth-order valence-electron chi connectivity index (χ4n) is 5.34. The third-order valence-corrected chi connectivity index (χ3v) is 8.11. The van der Waals surface area contributed by atoms with Crippen LogP contribution in [0.15, 0.2) is 0 Å². The van der Waals surface area contributed by atoms with Gasteiger partial charge in [0.05, 0.1) is 19.3 Å². The van der Waals surface area contributed by atoms with E-state index in [0.717, 1.165) is 0 Å². The first-order valence-corrected chi connectivity index (χ1v) is 14.0. The zero-order chi connectivity index (χ0) is 33.5. The van der Waals surface area contributed by atoms with Gasteiger partial charge in [0.1, 0.15) is 85.5 Å². The molecule has 4 aliphatic rings. The minimum absolute atomic E-state index is 0.796. The van der Waals surface area contributed by atoms with Crippen molar-refractivity contribution < 1.29 is 104 Å². The molecule has 21 nitrogen and oxygen atoms in total. The molecule has 4 rings (SSSR count). The molecule has 0 saturated carbocycles. The molecule has 0 bridgehead atoms. The van der Waals surface area contributed by atoms with Gasteiger partial charge in [-0.05, 0) is 6.92 Å². The Morgan fingerprint density at radius 1 is 0.578 bits per heavy atom. The summed E-state index contributed by atoms with van der Waals surface area (Å²) < 4.78 is 37.5. The third-order valence-electron chi connectivity index (χ3n) is 8.11. The van der Waals surface area contributed by atoms with E-state index in [1.54, 1.807) is 0 Å². The summed E-state index contributed by atoms with van der Waals surface area (Å²) in [7, 11) is 0. The van der Waals surface area contributed by atoms with E-state index in [-0.39, 0.29) is 0 Å². The molecule has 4 aliphatic heterocycles. The molecule has 4 saturated heterocycles. The smallest absolute Gasteiger partial charge is 0.335 e. The van der Waals surface area contributed by atoms with Crippen LogP contribution in [0.4, 0.5) is 0 Å². The van der Waals surface area contributed by atoms with Gasteiger partial charge in [0.15, 0.2) is 31.3 Å². The number of hydrogen-bond acceptors (Lipinski definition) is 20. The molecule has 4 heterocycles. The number of ether oxygens (including phenoxy) is 7. The van der Waals surface area contributed by atoms with Gasteiger partial charge in [-0.3, -0.25) is 0 Å². The molecule has 262 valence electrons. The second-order valence-electron chi connectivity index (χ2n) is 11.2. The van der Waals surface area contributed by atoms with E-state index >= 15 is 0 Å². The van der Waals surface area contributed by atoms with Crippen molar-refractivity contribution >= 4 is 5.97 Å². The zero-order valence-electron chi connectivity index (χ0n) is 23.5. The summed E-state index contributed by atoms with van der Waals surface area (Å²) in [5.41, 5.74) is 0. The van der Waals surface area contributed by atoms with Gasteiger partial charge in [-0.15, -0.1) is 0 Å². The van der Waals surface area contributed by atoms with Gasteiger partial charge in [0.2, 0.25) is 0 Å². The lowest BCUT2D eigenvalue weighted by molar-refractivity contribution is -0.387. The van der Waals surface area contributed by atoms with Crippen molar-refractivity contribution in [1.82, 2.24) is 0 Å². The molecule has 0 spiro atoms. The van der Waals surface area contributed by atoms with E-state index in [4.69, 9.17) is 33.2 Å². The Bertz CT molecular complexity index is 973. The first-order valence-electron chi connectivity index (χ1n) is 14.0. The molecular weight excluding hydrogens is 624 g/mol. The van der Waals surface area contributed by atoms with Gasteiger partial charge in [0.25, 0.3) is 0 Å². The Kier molecular flexibility index (Phi) is 12.1. The predicted molar refractivity (Wildman–Crippen MR) is 133 cm³/mol. The Morgan fingerprint density at radius 3 is 1.62 bits per heavy atom. The van der Waals surface area contributed by atoms with Crippen LogP contribution in [0, 0.1) is 0 Å². The third kappa shape index (κ3) is 7.41. The Balaban J connectivity index is 1.48. The van der Waals surface area contributed by atoms with E-state index in [0.29, 0.717) is 0 Å². The van der Waals surface area contributed by atoms with Crippen LogP contribution in [0.2, 0.25) is 0 Å². The van der Waals surface area contributed by atoms with Crippen molar-refractivity contribution in [3.05, 3.63) is 0 Å². The van der Waals surface area contributed by atoms with E-state index < -0.39 is 142 Å². The fourth-order valence-corrected chi connectivity index (χ4v) is 5.34. The normalized spacial score (nSPS) is 52.8. The number of carboxylic acid groups (broad SMARTS) is 1. The fraction of sp³-hybridized carbons (Fsp3) is 0.958. The van der Waals surface area contributed by atoms with Crippen LogP contribution in [-0.2, 0) is 38.0 Å². The number of aliphatic hydroxyl groups is 12. The average Bonchev–Trinajstić information content (AvgIpc) is 3.00. The summed E-state index contributed by atoms with van der Waals surface area (Å²) in [6.45, 7) is -0.263. The van der Waals surface area contributed by atoms with Crippen molar-refractivity contribution in [2.75, 3.05) is 13.2 Å². The highest BCUT2D eigenvalue weighted by Gasteiger charge is 2.54. The lowest BCUT2D eigenvalue weighted by Gasteiger charge is -2.48. The maximum absolute atomic E-state index is 11.3. The largest absolute Gasteiger partial charge is 0.479 e. The number of carboxylic acids is 1. The van der Waals surface area contributed by atoms with Crippen molar-refractivity contribution in [3.63, 3.8) is 0 Å². The highest BCUT2D eigenvalue weighted by molar-refractivity contribution is 5.73. The minimum atomic E-state index is -2.03. The standard InChI is InChI=1S/C24H40O21/c1-4-7(26)17(43-23-15(34)10(29)8(27)5(2-25)41-23)19(21(38)40-4)45-24-16(35)11(30)9(28)6(42-24)3-39-22-14(33)12(31)13(32)18(44-22)20(36)37/h4-19,21-35,38H,2-3H2,1H3,(H,36,37)/t4-,5+,6+,7-,8+,9+,10-,11-,12-,13-,14+,15+,16+,17+,18-,19+,21?,22+,23-,24+/m0/s1. The quantitative estimate of drug-likeness (QED) is 0.109. The molecule has 4 fully saturated rings. The van der Waals surface area contributed by atoms with Crippen molar-refractivity contribution in [2.24, 2.45) is 0 Å². The molecule has 0 aliphatic carbocycles. The van der Waals surface area contributed by atoms with E-state index in [2.05, 4.69) is 0 Å². The Labute approximate surface area is 253 Å². The van der Waals surface area contributed by atoms with Crippen LogP contribution >= 0.6 is 0 Å². The van der Waals surface area contributed by atoms with Crippen LogP contribution in [0.3, 0.4) is 0 Å². The second-order valence-corrected chi connectivity index (χ2v) is 11.2. The molecule has 0 aromatic heterocycles. The second kappa shape index (κ2) is 14.9. The van der Waals surface area contributed by atoms with E-state index in [9.17, 15) is 71.2 Å². The van der Waals surface area contributed by atoms with Gasteiger partial charge >= 0.3 is 5.97 Å². The summed E-state index contributed by atoms with van der Waals surface area (Å²) in [6.07, 6.45) is -36.3. The Morgan fingerprint density at radius 2 is 1.07 bits per heavy atom. The summed E-state index contributed by atoms with van der Waals surface area (Å²) >= 11 is 0. The summed E-state index contributed by atoms with van der Waals surface area (Å²) in [5.74, 6) is -1.69. The molecule has 21 heteroatoms. The van der Waals surface area contributed by atoms with Crippen LogP contribution in [0.5, 0.6) is 0 Å². The molecule has 0 aromatic rings. The lowest BCUT2D eigenvalue weighted by Crippen LogP contribution is -2.66. The number of aliphatic hydroxyl groups excluding tert-OH is 12. The van der Waals surface area contributed by atoms with E-state index in [1.807, 2.05) is 0 Å². The maximum atomic E-state index is 11.3. The van der Waals surface area contributed by atoms with Gasteiger partial charge < -0.3 is 99.5 Å². The topological polar surface area (TPSA) is 345 Å². The number of rotatable bonds is 9. The Hall–Kier alpha value is -1.29. The van der Waals surface area contributed by atoms with Gasteiger partial charge in [-0.1, -0.05) is 0 Å². The highest BCUT2D eigenvalue weighted by atomic mass is 16.8. The SMILES string of the molecule is C[C@@H]1OC(O)[C@H](O[C@H]2O[C@H](CO[C@@H]3O[C@H](C(=O)O)[C@@H](O)[C@H](O)[C@H]3O)[C@@H](O)[C@H](O)[C@H]2O)[C@H](O[C@@H]2O[C@H](CO)[C@@H](O)[C@H](O)[C@H]2O)[C@H]1O. The first-order chi connectivity index (χ1) is 21.1. The average molecular weight is 665 g/mol. The molecule has 0 radical (unpaired) electrons. The van der Waals surface area contributed by atoms with Gasteiger partial charge in [-0.2, -0.15) is 0 Å². The van der Waals surface area contributed by atoms with Crippen LogP contribution in [-0.4, -0.2) is 208 Å². The maximum Gasteiger partial charge on any atom is 0.335 e. The highest BCUT2D eigenvalue weighted by Crippen LogP contribution is 2.33. The zero-order valence-corrected chi connectivity index (χ0v) is 23.5. The summed E-state index contributed by atoms with van der Waals surface area (Å²) in [4.78, 5) is 11.3. The van der Waals surface area contributed by atoms with Gasteiger partial charge in [0, 0.05) is 0 Å². The molecule has 0 amide bonds. The number of hydrogen-bond donors (Lipinski definition) is 13. The monoisotopic (exact) mass is 664 g/mol. The van der Waals surface area contributed by atoms with Crippen LogP contribution in [0.1, 0.15) is 6.92 Å². The van der Waals surface area contributed by atoms with Crippen LogP contribution in [0.25, 0.3) is 0 Å². The predicted octanol–water partition coefficient (Wildman–Crippen LogP) is -8.63. The van der Waals surface area contributed by atoms with Crippen molar-refractivity contribution in [3.8, 4) is 0 Å². The van der Waals surface area contributed by atoms with Crippen LogP contribution < -0.4 is 0 Å². The molecule has 45 heavy (non-hydrogen) atoms. The molecular formula is C24H40O21. The first kappa shape index (κ1) is 36.5. The molecule has 13 N–H and O–H groups in total. The molecule has 1 unspecified atom stereocenters. The van der Waals surface area contributed by atoms with Gasteiger partial charge in [-0.25, -0.2) is 4.79 Å². The molecule has 20 atom stereocenters. The lowest BCUT2D eigenvalue weighted by atomic mass is 9.96. The van der Waals surface area contributed by atoms with Crippen molar-refractivity contribution in [1.29, 1.82) is 0 Å². The molecule has 0 aromatic carbocycles. The number of aliphatic carboxylic acids is 1. The summed E-state index contributed by atoms with van der Waals surface area (Å²) in [6, 6.07) is 0. The number of carbonyl (C=O) groups is 1. The van der Waals surface area contributed by atoms with E-state index in [1.165, 1.54) is 6.92 Å². The van der Waals surface area contributed by atoms with Crippen molar-refractivity contribution in [2.45, 2.75) is 130 Å². The minimum Gasteiger partial charge on any atom is -0.479 e. The summed E-state index contributed by atoms with van der Waals surface area (Å²) in [5, 5.41) is 132.